The highest BCUT2D eigenvalue weighted by Crippen LogP contribution is 2.25. The number of hydrogen-bond donors (Lipinski definition) is 0. The Hall–Kier alpha value is -0.530. The van der Waals surface area contributed by atoms with Crippen LogP contribution in [-0.2, 0) is 11.2 Å². The van der Waals surface area contributed by atoms with Gasteiger partial charge in [-0.15, -0.1) is 0 Å². The lowest BCUT2D eigenvalue weighted by atomic mass is 10.0. The first-order valence-electron chi connectivity index (χ1n) is 4.48. The zero-order chi connectivity index (χ0) is 10.7. The number of ketones is 1. The van der Waals surface area contributed by atoms with Crippen molar-refractivity contribution in [3.8, 4) is 0 Å². The van der Waals surface area contributed by atoms with Gasteiger partial charge >= 0.3 is 0 Å². The first kappa shape index (κ1) is 11.5. The fourth-order valence-corrected chi connectivity index (χ4v) is 1.61. The molecule has 1 aromatic rings. The van der Waals surface area contributed by atoms with Gasteiger partial charge in [0.2, 0.25) is 0 Å². The third-order valence-electron chi connectivity index (χ3n) is 2.06. The van der Waals surface area contributed by atoms with Crippen molar-refractivity contribution in [2.24, 2.45) is 5.92 Å². The van der Waals surface area contributed by atoms with Crippen molar-refractivity contribution in [2.45, 2.75) is 20.3 Å². The Bertz CT molecular complexity index is 325. The fourth-order valence-electron chi connectivity index (χ4n) is 1.08. The Morgan fingerprint density at radius 3 is 2.21 bits per heavy atom. The summed E-state index contributed by atoms with van der Waals surface area (Å²) in [5.74, 6) is 0.169. The van der Waals surface area contributed by atoms with Crippen LogP contribution in [0.15, 0.2) is 18.2 Å². The molecule has 0 aliphatic rings. The minimum absolute atomic E-state index is 0.0161. The van der Waals surface area contributed by atoms with Crippen molar-refractivity contribution in [2.75, 3.05) is 0 Å². The normalized spacial score (nSPS) is 10.6. The zero-order valence-corrected chi connectivity index (χ0v) is 9.69. The summed E-state index contributed by atoms with van der Waals surface area (Å²) in [7, 11) is 0. The smallest absolute Gasteiger partial charge is 0.139 e. The summed E-state index contributed by atoms with van der Waals surface area (Å²) in [5, 5.41) is 1.12. The number of hydrogen-bond acceptors (Lipinski definition) is 1. The highest BCUT2D eigenvalue weighted by atomic mass is 35.5. The molecule has 1 rings (SSSR count). The van der Waals surface area contributed by atoms with Crippen molar-refractivity contribution in [1.29, 1.82) is 0 Å². The Kier molecular flexibility index (Phi) is 3.97. The van der Waals surface area contributed by atoms with Gasteiger partial charge in [-0.1, -0.05) is 43.1 Å². The van der Waals surface area contributed by atoms with Gasteiger partial charge in [-0.2, -0.15) is 0 Å². The molecule has 0 bridgehead atoms. The molecule has 0 saturated heterocycles. The van der Waals surface area contributed by atoms with Gasteiger partial charge in [0.15, 0.2) is 0 Å². The number of carbonyl (C=O) groups excluding carboxylic acids is 1. The van der Waals surface area contributed by atoms with Crippen LogP contribution in [0, 0.1) is 5.92 Å². The maximum absolute atomic E-state index is 11.5. The predicted molar refractivity (Wildman–Crippen MR) is 60.0 cm³/mol. The average molecular weight is 231 g/mol. The molecule has 0 aliphatic carbocycles. The lowest BCUT2D eigenvalue weighted by Gasteiger charge is -2.07. The van der Waals surface area contributed by atoms with Crippen LogP contribution in [0.2, 0.25) is 10.0 Å². The third kappa shape index (κ3) is 2.73. The number of halogens is 2. The van der Waals surface area contributed by atoms with E-state index in [2.05, 4.69) is 0 Å². The van der Waals surface area contributed by atoms with E-state index in [9.17, 15) is 4.79 Å². The van der Waals surface area contributed by atoms with E-state index in [0.717, 1.165) is 5.56 Å². The van der Waals surface area contributed by atoms with E-state index in [0.29, 0.717) is 16.5 Å². The predicted octanol–water partition coefficient (Wildman–Crippen LogP) is 3.76. The SMILES string of the molecule is CC(C)C(=O)Cc1c(Cl)cccc1Cl. The number of benzene rings is 1. The third-order valence-corrected chi connectivity index (χ3v) is 2.76. The van der Waals surface area contributed by atoms with Crippen molar-refractivity contribution in [1.82, 2.24) is 0 Å². The summed E-state index contributed by atoms with van der Waals surface area (Å²) in [6.07, 6.45) is 0.316. The molecular formula is C11H12Cl2O. The largest absolute Gasteiger partial charge is 0.299 e. The van der Waals surface area contributed by atoms with Crippen LogP contribution < -0.4 is 0 Å². The van der Waals surface area contributed by atoms with Gasteiger partial charge in [-0.05, 0) is 17.7 Å². The van der Waals surface area contributed by atoms with Crippen molar-refractivity contribution >= 4 is 29.0 Å². The molecule has 0 heterocycles. The second-order valence-corrected chi connectivity index (χ2v) is 4.31. The molecule has 0 aromatic heterocycles. The minimum atomic E-state index is 0.0161. The van der Waals surface area contributed by atoms with E-state index >= 15 is 0 Å². The van der Waals surface area contributed by atoms with E-state index in [1.165, 1.54) is 0 Å². The fraction of sp³-hybridized carbons (Fsp3) is 0.364. The lowest BCUT2D eigenvalue weighted by Crippen LogP contribution is -2.10. The van der Waals surface area contributed by atoms with Gasteiger partial charge in [-0.25, -0.2) is 0 Å². The molecule has 0 aliphatic heterocycles. The summed E-state index contributed by atoms with van der Waals surface area (Å²) < 4.78 is 0. The summed E-state index contributed by atoms with van der Waals surface area (Å²) in [6, 6.07) is 5.26. The molecule has 1 nitrogen and oxygen atoms in total. The molecule has 1 aromatic carbocycles. The minimum Gasteiger partial charge on any atom is -0.299 e. The first-order chi connectivity index (χ1) is 6.52. The van der Waals surface area contributed by atoms with E-state index in [4.69, 9.17) is 23.2 Å². The summed E-state index contributed by atoms with van der Waals surface area (Å²) in [6.45, 7) is 3.74. The van der Waals surface area contributed by atoms with Crippen molar-refractivity contribution < 1.29 is 4.79 Å². The Balaban J connectivity index is 2.91. The number of Topliss-reactive ketones (excluding diaryl/α,β-unsaturated/α-hetero) is 1. The second-order valence-electron chi connectivity index (χ2n) is 3.50. The Morgan fingerprint density at radius 2 is 1.79 bits per heavy atom. The van der Waals surface area contributed by atoms with Gasteiger partial charge in [0.1, 0.15) is 5.78 Å². The molecule has 0 fully saturated rings. The molecule has 0 spiro atoms. The molecule has 0 amide bonds. The summed E-state index contributed by atoms with van der Waals surface area (Å²) in [4.78, 5) is 11.5. The molecule has 0 radical (unpaired) electrons. The second kappa shape index (κ2) is 4.81. The van der Waals surface area contributed by atoms with Crippen LogP contribution in [0.25, 0.3) is 0 Å². The molecule has 0 N–H and O–H groups in total. The molecule has 0 saturated carbocycles. The summed E-state index contributed by atoms with van der Waals surface area (Å²) >= 11 is 11.9. The van der Waals surface area contributed by atoms with Crippen molar-refractivity contribution in [3.05, 3.63) is 33.8 Å². The molecular weight excluding hydrogens is 219 g/mol. The van der Waals surface area contributed by atoms with E-state index in [1.54, 1.807) is 18.2 Å². The maximum atomic E-state index is 11.5. The molecule has 76 valence electrons. The van der Waals surface area contributed by atoms with Crippen LogP contribution in [0.5, 0.6) is 0 Å². The van der Waals surface area contributed by atoms with Crippen LogP contribution in [0.4, 0.5) is 0 Å². The summed E-state index contributed by atoms with van der Waals surface area (Å²) in [5.41, 5.74) is 0.731. The maximum Gasteiger partial charge on any atom is 0.139 e. The standard InChI is InChI=1S/C11H12Cl2O/c1-7(2)11(14)6-8-9(12)4-3-5-10(8)13/h3-5,7H,6H2,1-2H3. The number of rotatable bonds is 3. The molecule has 3 heteroatoms. The Morgan fingerprint density at radius 1 is 1.29 bits per heavy atom. The van der Waals surface area contributed by atoms with E-state index in [1.807, 2.05) is 13.8 Å². The van der Waals surface area contributed by atoms with E-state index < -0.39 is 0 Å². The Labute approximate surface area is 94.0 Å². The molecule has 0 unspecified atom stereocenters. The quantitative estimate of drug-likeness (QED) is 0.773. The highest BCUT2D eigenvalue weighted by Gasteiger charge is 2.13. The van der Waals surface area contributed by atoms with Gasteiger partial charge in [0, 0.05) is 22.4 Å². The average Bonchev–Trinajstić information content (AvgIpc) is 2.11. The highest BCUT2D eigenvalue weighted by molar-refractivity contribution is 6.36. The lowest BCUT2D eigenvalue weighted by molar-refractivity contribution is -0.121. The monoisotopic (exact) mass is 230 g/mol. The van der Waals surface area contributed by atoms with Gasteiger partial charge in [-0.3, -0.25) is 4.79 Å². The number of carbonyl (C=O) groups is 1. The zero-order valence-electron chi connectivity index (χ0n) is 8.18. The van der Waals surface area contributed by atoms with Crippen LogP contribution in [0.1, 0.15) is 19.4 Å². The van der Waals surface area contributed by atoms with Crippen LogP contribution in [0.3, 0.4) is 0 Å². The van der Waals surface area contributed by atoms with Gasteiger partial charge in [0.25, 0.3) is 0 Å². The van der Waals surface area contributed by atoms with Gasteiger partial charge in [0.05, 0.1) is 0 Å². The van der Waals surface area contributed by atoms with Crippen LogP contribution >= 0.6 is 23.2 Å². The molecule has 14 heavy (non-hydrogen) atoms. The van der Waals surface area contributed by atoms with Crippen LogP contribution in [-0.4, -0.2) is 5.78 Å². The van der Waals surface area contributed by atoms with E-state index in [-0.39, 0.29) is 11.7 Å². The first-order valence-corrected chi connectivity index (χ1v) is 5.23. The van der Waals surface area contributed by atoms with Crippen molar-refractivity contribution in [3.63, 3.8) is 0 Å². The molecule has 0 atom stereocenters. The van der Waals surface area contributed by atoms with Gasteiger partial charge < -0.3 is 0 Å². The topological polar surface area (TPSA) is 17.1 Å².